The van der Waals surface area contributed by atoms with E-state index in [-0.39, 0.29) is 4.75 Å². The normalized spacial score (nSPS) is 11.8. The van der Waals surface area contributed by atoms with Crippen LogP contribution in [0.1, 0.15) is 26.3 Å². The largest absolute Gasteiger partial charge is 0.286 e. The number of hydrogen-bond donors (Lipinski definition) is 1. The Morgan fingerprint density at radius 1 is 1.33 bits per heavy atom. The van der Waals surface area contributed by atoms with Crippen molar-refractivity contribution >= 4 is 23.7 Å². The van der Waals surface area contributed by atoms with Gasteiger partial charge in [0.15, 0.2) is 0 Å². The topological polar surface area (TPSA) is 40.5 Å². The van der Waals surface area contributed by atoms with Gasteiger partial charge in [-0.1, -0.05) is 39.0 Å². The molecule has 0 aromatic heterocycles. The van der Waals surface area contributed by atoms with Crippen LogP contribution in [-0.2, 0) is 4.79 Å². The quantitative estimate of drug-likeness (QED) is 0.394. The van der Waals surface area contributed by atoms with Crippen molar-refractivity contribution in [2.45, 2.75) is 30.4 Å². The molecule has 1 aromatic carbocycles. The van der Waals surface area contributed by atoms with Crippen LogP contribution in [0.25, 0.3) is 6.08 Å². The van der Waals surface area contributed by atoms with Gasteiger partial charge < -0.3 is 0 Å². The molecule has 1 amide bonds. The van der Waals surface area contributed by atoms with Crippen molar-refractivity contribution in [1.82, 2.24) is 5.06 Å². The van der Waals surface area contributed by atoms with Gasteiger partial charge in [-0.2, -0.15) is 0 Å². The molecule has 0 aliphatic rings. The van der Waals surface area contributed by atoms with E-state index in [9.17, 15) is 4.79 Å². The summed E-state index contributed by atoms with van der Waals surface area (Å²) in [7, 11) is 1.31. The van der Waals surface area contributed by atoms with Gasteiger partial charge in [0, 0.05) is 22.8 Å². The molecule has 4 heteroatoms. The van der Waals surface area contributed by atoms with Crippen molar-refractivity contribution < 1.29 is 10.0 Å². The van der Waals surface area contributed by atoms with Crippen molar-refractivity contribution in [3.05, 3.63) is 35.9 Å². The summed E-state index contributed by atoms with van der Waals surface area (Å²) in [5.41, 5.74) is 0.979. The number of benzene rings is 1. The molecular formula is C14H19NO2S. The number of amides is 1. The summed E-state index contributed by atoms with van der Waals surface area (Å²) >= 11 is 1.75. The Hall–Kier alpha value is -1.26. The van der Waals surface area contributed by atoms with E-state index in [1.54, 1.807) is 17.8 Å². The molecule has 0 unspecified atom stereocenters. The maximum atomic E-state index is 11.3. The highest BCUT2D eigenvalue weighted by molar-refractivity contribution is 8.00. The van der Waals surface area contributed by atoms with E-state index in [4.69, 9.17) is 5.21 Å². The molecule has 0 fully saturated rings. The van der Waals surface area contributed by atoms with Gasteiger partial charge in [-0.3, -0.25) is 10.0 Å². The lowest BCUT2D eigenvalue weighted by Gasteiger charge is -2.18. The van der Waals surface area contributed by atoms with Crippen molar-refractivity contribution in [2.75, 3.05) is 7.05 Å². The second-order valence-electron chi connectivity index (χ2n) is 4.95. The minimum atomic E-state index is -0.439. The lowest BCUT2D eigenvalue weighted by Crippen LogP contribution is -2.19. The summed E-state index contributed by atoms with van der Waals surface area (Å²) in [5, 5.41) is 9.55. The summed E-state index contributed by atoms with van der Waals surface area (Å²) in [6.45, 7) is 6.43. The van der Waals surface area contributed by atoms with Crippen molar-refractivity contribution in [2.24, 2.45) is 0 Å². The third-order valence-corrected chi connectivity index (χ3v) is 3.26. The van der Waals surface area contributed by atoms with Crippen LogP contribution in [-0.4, -0.2) is 28.0 Å². The number of carbonyl (C=O) groups excluding carboxylic acids is 1. The number of carbonyl (C=O) groups is 1. The lowest BCUT2D eigenvalue weighted by atomic mass is 10.2. The van der Waals surface area contributed by atoms with Crippen LogP contribution in [0.4, 0.5) is 0 Å². The molecule has 98 valence electrons. The van der Waals surface area contributed by atoms with Gasteiger partial charge >= 0.3 is 0 Å². The van der Waals surface area contributed by atoms with Crippen molar-refractivity contribution in [3.63, 3.8) is 0 Å². The second kappa shape index (κ2) is 6.07. The molecule has 0 spiro atoms. The zero-order valence-electron chi connectivity index (χ0n) is 11.2. The number of rotatable bonds is 3. The monoisotopic (exact) mass is 265 g/mol. The van der Waals surface area contributed by atoms with E-state index in [0.717, 1.165) is 10.5 Å². The predicted octanol–water partition coefficient (Wildman–Crippen LogP) is 3.44. The van der Waals surface area contributed by atoms with Crippen LogP contribution in [0.5, 0.6) is 0 Å². The first-order valence-electron chi connectivity index (χ1n) is 5.72. The molecule has 0 bridgehead atoms. The predicted molar refractivity (Wildman–Crippen MR) is 75.6 cm³/mol. The summed E-state index contributed by atoms with van der Waals surface area (Å²) in [4.78, 5) is 12.4. The molecule has 3 nitrogen and oxygen atoms in total. The third-order valence-electron chi connectivity index (χ3n) is 2.06. The molecule has 0 saturated heterocycles. The fraction of sp³-hybridized carbons (Fsp3) is 0.357. The fourth-order valence-corrected chi connectivity index (χ4v) is 2.37. The first kappa shape index (κ1) is 14.8. The Kier molecular flexibility index (Phi) is 4.99. The molecular weight excluding hydrogens is 246 g/mol. The summed E-state index contributed by atoms with van der Waals surface area (Å²) in [6, 6.07) is 7.89. The Morgan fingerprint density at radius 2 is 1.94 bits per heavy atom. The molecule has 0 aliphatic heterocycles. The first-order chi connectivity index (χ1) is 8.29. The number of hydrogen-bond acceptors (Lipinski definition) is 3. The van der Waals surface area contributed by atoms with E-state index in [1.807, 2.05) is 24.3 Å². The van der Waals surface area contributed by atoms with E-state index >= 15 is 0 Å². The first-order valence-corrected chi connectivity index (χ1v) is 6.54. The molecule has 0 saturated carbocycles. The van der Waals surface area contributed by atoms with Crippen LogP contribution in [0.2, 0.25) is 0 Å². The minimum Gasteiger partial charge on any atom is -0.286 e. The van der Waals surface area contributed by atoms with Crippen LogP contribution in [0.15, 0.2) is 35.2 Å². The number of nitrogens with zero attached hydrogens (tertiary/aromatic N) is 1. The lowest BCUT2D eigenvalue weighted by molar-refractivity contribution is -0.153. The highest BCUT2D eigenvalue weighted by atomic mass is 32.2. The van der Waals surface area contributed by atoms with E-state index < -0.39 is 5.91 Å². The van der Waals surface area contributed by atoms with Crippen LogP contribution >= 0.6 is 11.8 Å². The standard InChI is InChI=1S/C14H19NO2S/c1-14(2,3)18-12-8-6-5-7-11(12)9-10-13(16)15(4)17/h5-10,17H,1-4H3. The van der Waals surface area contributed by atoms with Gasteiger partial charge in [-0.05, 0) is 17.7 Å². The summed E-state index contributed by atoms with van der Waals surface area (Å²) < 4.78 is 0.113. The fourth-order valence-electron chi connectivity index (χ4n) is 1.31. The average Bonchev–Trinajstić information content (AvgIpc) is 2.25. The Bertz CT molecular complexity index is 447. The SMILES string of the molecule is CN(O)C(=O)C=Cc1ccccc1SC(C)(C)C. The molecule has 1 N–H and O–H groups in total. The summed E-state index contributed by atoms with van der Waals surface area (Å²) in [5.74, 6) is -0.439. The highest BCUT2D eigenvalue weighted by Gasteiger charge is 2.13. The maximum Gasteiger partial charge on any atom is 0.269 e. The van der Waals surface area contributed by atoms with Crippen molar-refractivity contribution in [3.8, 4) is 0 Å². The van der Waals surface area contributed by atoms with Crippen molar-refractivity contribution in [1.29, 1.82) is 0 Å². The molecule has 1 rings (SSSR count). The zero-order chi connectivity index (χ0) is 13.8. The number of thioether (sulfide) groups is 1. The Balaban J connectivity index is 2.93. The molecule has 18 heavy (non-hydrogen) atoms. The summed E-state index contributed by atoms with van der Waals surface area (Å²) in [6.07, 6.45) is 3.09. The Morgan fingerprint density at radius 3 is 2.50 bits per heavy atom. The van der Waals surface area contributed by atoms with Crippen LogP contribution < -0.4 is 0 Å². The maximum absolute atomic E-state index is 11.3. The van der Waals surface area contributed by atoms with Gasteiger partial charge in [0.05, 0.1) is 0 Å². The van der Waals surface area contributed by atoms with Crippen LogP contribution in [0, 0.1) is 0 Å². The third kappa shape index (κ3) is 4.94. The van der Waals surface area contributed by atoms with E-state index in [1.165, 1.54) is 13.1 Å². The average molecular weight is 265 g/mol. The van der Waals surface area contributed by atoms with Gasteiger partial charge in [0.1, 0.15) is 0 Å². The van der Waals surface area contributed by atoms with Gasteiger partial charge in [-0.25, -0.2) is 5.06 Å². The molecule has 0 radical (unpaired) electrons. The van der Waals surface area contributed by atoms with Gasteiger partial charge in [0.25, 0.3) is 5.91 Å². The molecule has 0 atom stereocenters. The van der Waals surface area contributed by atoms with Gasteiger partial charge in [0.2, 0.25) is 0 Å². The molecule has 0 aliphatic carbocycles. The van der Waals surface area contributed by atoms with Crippen LogP contribution in [0.3, 0.4) is 0 Å². The molecule has 0 heterocycles. The zero-order valence-corrected chi connectivity index (χ0v) is 12.0. The number of likely N-dealkylation sites (N-methyl/N-ethyl adjacent to an activating group) is 1. The highest BCUT2D eigenvalue weighted by Crippen LogP contribution is 2.34. The van der Waals surface area contributed by atoms with E-state index in [2.05, 4.69) is 20.8 Å². The second-order valence-corrected chi connectivity index (χ2v) is 6.82. The minimum absolute atomic E-state index is 0.113. The Labute approximate surface area is 112 Å². The smallest absolute Gasteiger partial charge is 0.269 e. The molecule has 1 aromatic rings. The van der Waals surface area contributed by atoms with E-state index in [0.29, 0.717) is 5.06 Å². The number of hydroxylamine groups is 2. The van der Waals surface area contributed by atoms with Gasteiger partial charge in [-0.15, -0.1) is 11.8 Å².